The summed E-state index contributed by atoms with van der Waals surface area (Å²) in [7, 11) is 0. The fourth-order valence-electron chi connectivity index (χ4n) is 3.79. The minimum atomic E-state index is -0.110. The maximum absolute atomic E-state index is 12.2. The lowest BCUT2D eigenvalue weighted by molar-refractivity contribution is -0.132. The smallest absolute Gasteiger partial charge is 0.222 e. The molecule has 1 aliphatic heterocycles. The number of hydrogen-bond acceptors (Lipinski definition) is 5. The topological polar surface area (TPSA) is 69.7 Å². The highest BCUT2D eigenvalue weighted by Gasteiger charge is 2.25. The van der Waals surface area contributed by atoms with Crippen LogP contribution in [-0.4, -0.2) is 49.0 Å². The van der Waals surface area contributed by atoms with Crippen molar-refractivity contribution in [3.05, 3.63) is 36.5 Å². The third-order valence-electron chi connectivity index (χ3n) is 5.21. The van der Waals surface area contributed by atoms with Crippen LogP contribution in [0.3, 0.4) is 0 Å². The number of fused-ring (bicyclic) bond motifs is 1. The molecule has 6 nitrogen and oxygen atoms in total. The van der Waals surface area contributed by atoms with Gasteiger partial charge >= 0.3 is 0 Å². The third-order valence-corrected chi connectivity index (χ3v) is 5.21. The van der Waals surface area contributed by atoms with Crippen LogP contribution in [0.5, 0.6) is 5.75 Å². The zero-order valence-electron chi connectivity index (χ0n) is 15.4. The SMILES string of the molecule is O=C(CC1COCCO1)NC1CCC(Oc2ccc3ncccc3c2)CC1. The second-order valence-corrected chi connectivity index (χ2v) is 7.29. The van der Waals surface area contributed by atoms with Crippen LogP contribution in [0, 0.1) is 0 Å². The highest BCUT2D eigenvalue weighted by atomic mass is 16.6. The fraction of sp³-hybridized carbons (Fsp3) is 0.524. The van der Waals surface area contributed by atoms with Crippen molar-refractivity contribution < 1.29 is 19.0 Å². The summed E-state index contributed by atoms with van der Waals surface area (Å²) in [5.41, 5.74) is 0.976. The lowest BCUT2D eigenvalue weighted by Gasteiger charge is -2.30. The molecule has 2 heterocycles. The van der Waals surface area contributed by atoms with Crippen molar-refractivity contribution in [3.63, 3.8) is 0 Å². The molecule has 0 bridgehead atoms. The van der Waals surface area contributed by atoms with Gasteiger partial charge < -0.3 is 19.5 Å². The van der Waals surface area contributed by atoms with E-state index in [1.54, 1.807) is 6.20 Å². The lowest BCUT2D eigenvalue weighted by Crippen LogP contribution is -2.42. The highest BCUT2D eigenvalue weighted by Crippen LogP contribution is 2.26. The molecule has 1 aromatic heterocycles. The second kappa shape index (κ2) is 8.67. The predicted octanol–water partition coefficient (Wildman–Crippen LogP) is 2.85. The zero-order chi connectivity index (χ0) is 18.5. The Morgan fingerprint density at radius 2 is 2.07 bits per heavy atom. The summed E-state index contributed by atoms with van der Waals surface area (Å²) in [5, 5.41) is 4.22. The number of nitrogens with zero attached hydrogens (tertiary/aromatic N) is 1. The molecular weight excluding hydrogens is 344 g/mol. The van der Waals surface area contributed by atoms with Crippen LogP contribution >= 0.6 is 0 Å². The van der Waals surface area contributed by atoms with Gasteiger partial charge in [-0.05, 0) is 49.9 Å². The number of amides is 1. The van der Waals surface area contributed by atoms with Gasteiger partial charge in [0.05, 0.1) is 44.0 Å². The molecule has 27 heavy (non-hydrogen) atoms. The number of ether oxygens (including phenoxy) is 3. The van der Waals surface area contributed by atoms with Gasteiger partial charge in [-0.3, -0.25) is 9.78 Å². The Kier molecular flexibility index (Phi) is 5.84. The van der Waals surface area contributed by atoms with Gasteiger partial charge in [0.1, 0.15) is 5.75 Å². The van der Waals surface area contributed by atoms with Crippen LogP contribution in [0.25, 0.3) is 10.9 Å². The Bertz CT molecular complexity index is 768. The summed E-state index contributed by atoms with van der Waals surface area (Å²) in [6, 6.07) is 10.2. The van der Waals surface area contributed by atoms with E-state index < -0.39 is 0 Å². The Hall–Kier alpha value is -2.18. The molecule has 1 atom stereocenters. The maximum atomic E-state index is 12.2. The van der Waals surface area contributed by atoms with E-state index in [4.69, 9.17) is 14.2 Å². The lowest BCUT2D eigenvalue weighted by atomic mass is 9.92. The first-order chi connectivity index (χ1) is 13.3. The molecule has 2 fully saturated rings. The third kappa shape index (κ3) is 4.96. The van der Waals surface area contributed by atoms with Crippen LogP contribution in [0.2, 0.25) is 0 Å². The Morgan fingerprint density at radius 1 is 1.19 bits per heavy atom. The van der Waals surface area contributed by atoms with Gasteiger partial charge in [0, 0.05) is 17.6 Å². The van der Waals surface area contributed by atoms with E-state index >= 15 is 0 Å². The molecule has 1 amide bonds. The zero-order valence-corrected chi connectivity index (χ0v) is 15.4. The Labute approximate surface area is 159 Å². The maximum Gasteiger partial charge on any atom is 0.222 e. The fourth-order valence-corrected chi connectivity index (χ4v) is 3.79. The molecule has 1 N–H and O–H groups in total. The van der Waals surface area contributed by atoms with E-state index in [1.165, 1.54) is 0 Å². The van der Waals surface area contributed by atoms with Crippen molar-refractivity contribution in [2.75, 3.05) is 19.8 Å². The molecule has 1 aromatic carbocycles. The summed E-state index contributed by atoms with van der Waals surface area (Å²) >= 11 is 0. The normalized spacial score (nSPS) is 25.9. The number of carbonyl (C=O) groups is 1. The number of pyridine rings is 1. The van der Waals surface area contributed by atoms with E-state index in [2.05, 4.69) is 10.3 Å². The Morgan fingerprint density at radius 3 is 2.89 bits per heavy atom. The molecule has 2 aromatic rings. The van der Waals surface area contributed by atoms with Gasteiger partial charge in [0.2, 0.25) is 5.91 Å². The molecule has 1 aliphatic carbocycles. The molecule has 6 heteroatoms. The molecular formula is C21H26N2O4. The highest BCUT2D eigenvalue weighted by molar-refractivity contribution is 5.79. The summed E-state index contributed by atoms with van der Waals surface area (Å²) < 4.78 is 17.0. The van der Waals surface area contributed by atoms with Crippen LogP contribution < -0.4 is 10.1 Å². The predicted molar refractivity (Wildman–Crippen MR) is 102 cm³/mol. The molecule has 0 radical (unpaired) electrons. The molecule has 2 aliphatic rings. The van der Waals surface area contributed by atoms with Gasteiger partial charge in [0.25, 0.3) is 0 Å². The van der Waals surface area contributed by atoms with E-state index in [9.17, 15) is 4.79 Å². The van der Waals surface area contributed by atoms with Crippen molar-refractivity contribution in [1.82, 2.24) is 10.3 Å². The largest absolute Gasteiger partial charge is 0.490 e. The summed E-state index contributed by atoms with van der Waals surface area (Å²) in [6.07, 6.45) is 6.02. The standard InChI is InChI=1S/C21H26N2O4/c24-21(13-19-14-25-10-11-26-19)23-16-3-5-17(6-4-16)27-18-7-8-20-15(12-18)2-1-9-22-20/h1-2,7-9,12,16-17,19H,3-6,10-11,13-14H2,(H,23,24). The van der Waals surface area contributed by atoms with E-state index in [0.29, 0.717) is 26.2 Å². The second-order valence-electron chi connectivity index (χ2n) is 7.29. The molecule has 0 spiro atoms. The van der Waals surface area contributed by atoms with Crippen molar-refractivity contribution in [1.29, 1.82) is 0 Å². The van der Waals surface area contributed by atoms with Gasteiger partial charge in [0.15, 0.2) is 0 Å². The number of aromatic nitrogens is 1. The van der Waals surface area contributed by atoms with E-state index in [1.807, 2.05) is 30.3 Å². The first-order valence-electron chi connectivity index (χ1n) is 9.76. The molecule has 144 valence electrons. The first-order valence-corrected chi connectivity index (χ1v) is 9.76. The van der Waals surface area contributed by atoms with Crippen LogP contribution in [-0.2, 0) is 14.3 Å². The number of nitrogens with one attached hydrogen (secondary N) is 1. The van der Waals surface area contributed by atoms with Crippen molar-refractivity contribution in [2.45, 2.75) is 50.4 Å². The van der Waals surface area contributed by atoms with Crippen LogP contribution in [0.15, 0.2) is 36.5 Å². The summed E-state index contributed by atoms with van der Waals surface area (Å²) in [5.74, 6) is 0.939. The van der Waals surface area contributed by atoms with E-state index in [0.717, 1.165) is 42.3 Å². The van der Waals surface area contributed by atoms with Crippen LogP contribution in [0.1, 0.15) is 32.1 Å². The molecule has 4 rings (SSSR count). The minimum absolute atomic E-state index is 0.0527. The quantitative estimate of drug-likeness (QED) is 0.876. The minimum Gasteiger partial charge on any atom is -0.490 e. The number of carbonyl (C=O) groups excluding carboxylic acids is 1. The van der Waals surface area contributed by atoms with Gasteiger partial charge in [-0.2, -0.15) is 0 Å². The molecule has 1 saturated heterocycles. The first kappa shape index (κ1) is 18.2. The monoisotopic (exact) mass is 370 g/mol. The average molecular weight is 370 g/mol. The average Bonchev–Trinajstić information content (AvgIpc) is 2.70. The van der Waals surface area contributed by atoms with Crippen molar-refractivity contribution >= 4 is 16.8 Å². The summed E-state index contributed by atoms with van der Waals surface area (Å²) in [6.45, 7) is 1.70. The number of hydrogen-bond donors (Lipinski definition) is 1. The molecule has 1 unspecified atom stereocenters. The number of rotatable bonds is 5. The van der Waals surface area contributed by atoms with Crippen LogP contribution in [0.4, 0.5) is 0 Å². The van der Waals surface area contributed by atoms with Gasteiger partial charge in [-0.25, -0.2) is 0 Å². The van der Waals surface area contributed by atoms with Gasteiger partial charge in [-0.1, -0.05) is 6.07 Å². The number of benzene rings is 1. The Balaban J connectivity index is 1.23. The van der Waals surface area contributed by atoms with Gasteiger partial charge in [-0.15, -0.1) is 0 Å². The van der Waals surface area contributed by atoms with Crippen molar-refractivity contribution in [2.24, 2.45) is 0 Å². The summed E-state index contributed by atoms with van der Waals surface area (Å²) in [4.78, 5) is 16.5. The molecule has 1 saturated carbocycles. The van der Waals surface area contributed by atoms with E-state index in [-0.39, 0.29) is 24.2 Å². The van der Waals surface area contributed by atoms with Crippen molar-refractivity contribution in [3.8, 4) is 5.75 Å².